The van der Waals surface area contributed by atoms with Gasteiger partial charge in [0, 0.05) is 5.56 Å². The fraction of sp³-hybridized carbons (Fsp3) is 0.0714. The molecule has 0 radical (unpaired) electrons. The van der Waals surface area contributed by atoms with Crippen LogP contribution in [0.2, 0.25) is 0 Å². The molecule has 2 aromatic carbocycles. The fourth-order valence-corrected chi connectivity index (χ4v) is 1.59. The molecule has 20 heavy (non-hydrogen) atoms. The van der Waals surface area contributed by atoms with Crippen molar-refractivity contribution in [3.05, 3.63) is 65.0 Å². The molecular formula is C14H9F3O3. The summed E-state index contributed by atoms with van der Waals surface area (Å²) in [4.78, 5) is 10.6. The fourth-order valence-electron chi connectivity index (χ4n) is 1.59. The summed E-state index contributed by atoms with van der Waals surface area (Å²) in [6.45, 7) is -0.368. The van der Waals surface area contributed by atoms with E-state index < -0.39 is 34.7 Å². The molecule has 6 heteroatoms. The van der Waals surface area contributed by atoms with Crippen LogP contribution in [0.15, 0.2) is 36.4 Å². The molecule has 0 aliphatic rings. The number of halogens is 3. The SMILES string of the molecule is O=C(O)c1cc(F)c(OCc2ccccc2F)c(F)c1. The van der Waals surface area contributed by atoms with Crippen LogP contribution in [0.25, 0.3) is 0 Å². The molecule has 0 spiro atoms. The minimum atomic E-state index is -1.46. The first-order valence-electron chi connectivity index (χ1n) is 5.57. The van der Waals surface area contributed by atoms with Gasteiger partial charge in [-0.3, -0.25) is 0 Å². The first kappa shape index (κ1) is 13.9. The van der Waals surface area contributed by atoms with Gasteiger partial charge in [-0.15, -0.1) is 0 Å². The average Bonchev–Trinajstić information content (AvgIpc) is 2.39. The van der Waals surface area contributed by atoms with Crippen molar-refractivity contribution >= 4 is 5.97 Å². The van der Waals surface area contributed by atoms with Gasteiger partial charge < -0.3 is 9.84 Å². The van der Waals surface area contributed by atoms with E-state index in [0.29, 0.717) is 12.1 Å². The van der Waals surface area contributed by atoms with Gasteiger partial charge in [-0.05, 0) is 18.2 Å². The van der Waals surface area contributed by atoms with Gasteiger partial charge in [0.1, 0.15) is 12.4 Å². The molecule has 0 aliphatic heterocycles. The van der Waals surface area contributed by atoms with Crippen molar-refractivity contribution in [1.82, 2.24) is 0 Å². The molecule has 0 bridgehead atoms. The molecule has 0 unspecified atom stereocenters. The summed E-state index contributed by atoms with van der Waals surface area (Å²) >= 11 is 0. The predicted molar refractivity (Wildman–Crippen MR) is 64.0 cm³/mol. The van der Waals surface area contributed by atoms with Gasteiger partial charge in [-0.2, -0.15) is 0 Å². The third-order valence-corrected chi connectivity index (χ3v) is 2.58. The lowest BCUT2D eigenvalue weighted by molar-refractivity contribution is 0.0695. The lowest BCUT2D eigenvalue weighted by Crippen LogP contribution is -2.04. The van der Waals surface area contributed by atoms with E-state index in [1.165, 1.54) is 18.2 Å². The van der Waals surface area contributed by atoms with Gasteiger partial charge in [-0.25, -0.2) is 18.0 Å². The van der Waals surface area contributed by atoms with Crippen molar-refractivity contribution in [2.24, 2.45) is 0 Å². The summed E-state index contributed by atoms with van der Waals surface area (Å²) in [6, 6.07) is 6.92. The van der Waals surface area contributed by atoms with E-state index >= 15 is 0 Å². The molecule has 0 aromatic heterocycles. The molecule has 2 rings (SSSR count). The van der Waals surface area contributed by atoms with Gasteiger partial charge in [0.15, 0.2) is 17.4 Å². The molecule has 0 atom stereocenters. The van der Waals surface area contributed by atoms with Crippen molar-refractivity contribution in [3.8, 4) is 5.75 Å². The van der Waals surface area contributed by atoms with Gasteiger partial charge in [-0.1, -0.05) is 18.2 Å². The Morgan fingerprint density at radius 3 is 2.20 bits per heavy atom. The molecule has 0 amide bonds. The van der Waals surface area contributed by atoms with Crippen molar-refractivity contribution in [2.45, 2.75) is 6.61 Å². The number of carboxylic acid groups (broad SMARTS) is 1. The maximum Gasteiger partial charge on any atom is 0.335 e. The Morgan fingerprint density at radius 1 is 1.05 bits per heavy atom. The summed E-state index contributed by atoms with van der Waals surface area (Å²) in [6.07, 6.45) is 0. The Labute approximate surface area is 112 Å². The van der Waals surface area contributed by atoms with Gasteiger partial charge in [0.05, 0.1) is 5.56 Å². The molecule has 0 saturated carbocycles. The molecule has 3 nitrogen and oxygen atoms in total. The molecule has 104 valence electrons. The summed E-state index contributed by atoms with van der Waals surface area (Å²) < 4.78 is 45.3. The zero-order valence-corrected chi connectivity index (χ0v) is 10.1. The van der Waals surface area contributed by atoms with Crippen LogP contribution in [0.1, 0.15) is 15.9 Å². The van der Waals surface area contributed by atoms with Crippen LogP contribution in [-0.4, -0.2) is 11.1 Å². The zero-order chi connectivity index (χ0) is 14.7. The normalized spacial score (nSPS) is 10.3. The highest BCUT2D eigenvalue weighted by atomic mass is 19.1. The third kappa shape index (κ3) is 2.90. The van der Waals surface area contributed by atoms with Gasteiger partial charge in [0.2, 0.25) is 0 Å². The lowest BCUT2D eigenvalue weighted by atomic mass is 10.2. The summed E-state index contributed by atoms with van der Waals surface area (Å²) in [5.41, 5.74) is -0.396. The van der Waals surface area contributed by atoms with E-state index in [2.05, 4.69) is 0 Å². The number of ether oxygens (including phenoxy) is 1. The van der Waals surface area contributed by atoms with Crippen LogP contribution in [0.3, 0.4) is 0 Å². The monoisotopic (exact) mass is 282 g/mol. The van der Waals surface area contributed by atoms with Crippen LogP contribution in [-0.2, 0) is 6.61 Å². The number of carboxylic acids is 1. The van der Waals surface area contributed by atoms with E-state index in [1.54, 1.807) is 6.07 Å². The molecule has 0 fully saturated rings. The van der Waals surface area contributed by atoms with Crippen LogP contribution in [0, 0.1) is 17.5 Å². The molecule has 0 saturated heterocycles. The average molecular weight is 282 g/mol. The van der Waals surface area contributed by atoms with Crippen molar-refractivity contribution < 1.29 is 27.8 Å². The number of benzene rings is 2. The first-order valence-corrected chi connectivity index (χ1v) is 5.57. The van der Waals surface area contributed by atoms with E-state index in [0.717, 1.165) is 0 Å². The first-order chi connectivity index (χ1) is 9.49. The Balaban J connectivity index is 2.22. The van der Waals surface area contributed by atoms with Crippen LogP contribution in [0.5, 0.6) is 5.75 Å². The smallest absolute Gasteiger partial charge is 0.335 e. The molecule has 0 aliphatic carbocycles. The Kier molecular flexibility index (Phi) is 3.93. The van der Waals surface area contributed by atoms with E-state index in [4.69, 9.17) is 9.84 Å². The number of rotatable bonds is 4. The van der Waals surface area contributed by atoms with Gasteiger partial charge >= 0.3 is 5.97 Å². The zero-order valence-electron chi connectivity index (χ0n) is 10.1. The Bertz CT molecular complexity index is 633. The summed E-state index contributed by atoms with van der Waals surface area (Å²) in [5.74, 6) is -5.06. The van der Waals surface area contributed by atoms with E-state index in [9.17, 15) is 18.0 Å². The molecule has 1 N–H and O–H groups in total. The minimum Gasteiger partial charge on any atom is -0.483 e. The maximum absolute atomic E-state index is 13.6. The Morgan fingerprint density at radius 2 is 1.65 bits per heavy atom. The van der Waals surface area contributed by atoms with Gasteiger partial charge in [0.25, 0.3) is 0 Å². The predicted octanol–water partition coefficient (Wildman–Crippen LogP) is 3.38. The Hall–Kier alpha value is -2.50. The van der Waals surface area contributed by atoms with Crippen molar-refractivity contribution in [2.75, 3.05) is 0 Å². The molecular weight excluding hydrogens is 273 g/mol. The van der Waals surface area contributed by atoms with Crippen LogP contribution >= 0.6 is 0 Å². The maximum atomic E-state index is 13.6. The third-order valence-electron chi connectivity index (χ3n) is 2.58. The van der Waals surface area contributed by atoms with Crippen LogP contribution < -0.4 is 4.74 Å². The highest BCUT2D eigenvalue weighted by Crippen LogP contribution is 2.24. The standard InChI is InChI=1S/C14H9F3O3/c15-10-4-2-1-3-8(10)7-20-13-11(16)5-9(14(18)19)6-12(13)17/h1-6H,7H2,(H,18,19). The highest BCUT2D eigenvalue weighted by molar-refractivity contribution is 5.87. The van der Waals surface area contributed by atoms with Crippen molar-refractivity contribution in [1.29, 1.82) is 0 Å². The minimum absolute atomic E-state index is 0.133. The van der Waals surface area contributed by atoms with E-state index in [1.807, 2.05) is 0 Å². The molecule has 2 aromatic rings. The number of hydrogen-bond acceptors (Lipinski definition) is 2. The topological polar surface area (TPSA) is 46.5 Å². The molecule has 0 heterocycles. The quantitative estimate of drug-likeness (QED) is 0.935. The largest absolute Gasteiger partial charge is 0.483 e. The summed E-state index contributed by atoms with van der Waals surface area (Å²) in [7, 11) is 0. The second kappa shape index (κ2) is 5.64. The van der Waals surface area contributed by atoms with Crippen LogP contribution in [0.4, 0.5) is 13.2 Å². The van der Waals surface area contributed by atoms with E-state index in [-0.39, 0.29) is 12.2 Å². The lowest BCUT2D eigenvalue weighted by Gasteiger charge is -2.09. The number of carbonyl (C=O) groups is 1. The number of hydrogen-bond donors (Lipinski definition) is 1. The summed E-state index contributed by atoms with van der Waals surface area (Å²) in [5, 5.41) is 8.65. The number of aromatic carboxylic acids is 1. The highest BCUT2D eigenvalue weighted by Gasteiger charge is 2.16. The second-order valence-electron chi connectivity index (χ2n) is 3.95. The second-order valence-corrected chi connectivity index (χ2v) is 3.95. The van der Waals surface area contributed by atoms with Crippen molar-refractivity contribution in [3.63, 3.8) is 0 Å².